The molecule has 122 valence electrons. The molecule has 0 saturated carbocycles. The number of nitrogens with one attached hydrogen (secondary N) is 2. The van der Waals surface area contributed by atoms with E-state index in [-0.39, 0.29) is 18.0 Å². The number of halogens is 1. The van der Waals surface area contributed by atoms with Gasteiger partial charge in [0, 0.05) is 16.8 Å². The number of hydrazine groups is 1. The van der Waals surface area contributed by atoms with Crippen LogP contribution in [-0.2, 0) is 11.3 Å². The highest BCUT2D eigenvalue weighted by Crippen LogP contribution is 2.18. The highest BCUT2D eigenvalue weighted by molar-refractivity contribution is 5.95. The molecule has 2 aromatic carbocycles. The second-order valence-electron chi connectivity index (χ2n) is 5.44. The van der Waals surface area contributed by atoms with Crippen LogP contribution < -0.4 is 10.9 Å². The predicted molar refractivity (Wildman–Crippen MR) is 88.7 cm³/mol. The summed E-state index contributed by atoms with van der Waals surface area (Å²) in [6.07, 6.45) is 0. The van der Waals surface area contributed by atoms with Crippen LogP contribution >= 0.6 is 0 Å². The van der Waals surface area contributed by atoms with Crippen LogP contribution in [0.3, 0.4) is 0 Å². The quantitative estimate of drug-likeness (QED) is 0.727. The molecule has 0 fully saturated rings. The fourth-order valence-electron chi connectivity index (χ4n) is 2.54. The summed E-state index contributed by atoms with van der Waals surface area (Å²) in [4.78, 5) is 24.0. The molecule has 3 rings (SSSR count). The molecule has 6 heteroatoms. The van der Waals surface area contributed by atoms with Crippen LogP contribution in [0, 0.1) is 12.7 Å². The molecule has 0 unspecified atom stereocenters. The summed E-state index contributed by atoms with van der Waals surface area (Å²) < 4.78 is 14.7. The maximum atomic E-state index is 12.8. The SMILES string of the molecule is Cc1cc2ccccc2n1CC(=O)NNC(=O)c1ccc(F)cc1. The zero-order valence-corrected chi connectivity index (χ0v) is 13.0. The normalized spacial score (nSPS) is 10.6. The van der Waals surface area contributed by atoms with E-state index in [4.69, 9.17) is 0 Å². The minimum atomic E-state index is -0.502. The summed E-state index contributed by atoms with van der Waals surface area (Å²) in [6.45, 7) is 2.01. The van der Waals surface area contributed by atoms with Crippen molar-refractivity contribution in [1.82, 2.24) is 15.4 Å². The Labute approximate surface area is 138 Å². The average molecular weight is 325 g/mol. The summed E-state index contributed by atoms with van der Waals surface area (Å²) in [6, 6.07) is 14.8. The average Bonchev–Trinajstić information content (AvgIpc) is 2.89. The summed E-state index contributed by atoms with van der Waals surface area (Å²) >= 11 is 0. The third kappa shape index (κ3) is 3.27. The van der Waals surface area contributed by atoms with E-state index < -0.39 is 11.7 Å². The molecule has 5 nitrogen and oxygen atoms in total. The lowest BCUT2D eigenvalue weighted by molar-refractivity contribution is -0.122. The van der Waals surface area contributed by atoms with E-state index >= 15 is 0 Å². The standard InChI is InChI=1S/C18H16FN3O2/c1-12-10-14-4-2-3-5-16(14)22(12)11-17(23)20-21-18(24)13-6-8-15(19)9-7-13/h2-10H,11H2,1H3,(H,20,23)(H,21,24). The molecular formula is C18H16FN3O2. The topological polar surface area (TPSA) is 63.1 Å². The van der Waals surface area contributed by atoms with Gasteiger partial charge in [-0.05, 0) is 48.7 Å². The molecule has 0 aliphatic rings. The predicted octanol–water partition coefficient (Wildman–Crippen LogP) is 2.55. The summed E-state index contributed by atoms with van der Waals surface area (Å²) in [7, 11) is 0. The molecule has 3 aromatic rings. The van der Waals surface area contributed by atoms with Gasteiger partial charge in [0.05, 0.1) is 0 Å². The van der Waals surface area contributed by atoms with Crippen molar-refractivity contribution in [3.8, 4) is 0 Å². The molecule has 0 spiro atoms. The number of rotatable bonds is 3. The van der Waals surface area contributed by atoms with Gasteiger partial charge in [-0.1, -0.05) is 18.2 Å². The van der Waals surface area contributed by atoms with Crippen LogP contribution in [0.25, 0.3) is 10.9 Å². The van der Waals surface area contributed by atoms with Gasteiger partial charge in [0.25, 0.3) is 11.8 Å². The van der Waals surface area contributed by atoms with E-state index in [1.807, 2.05) is 41.8 Å². The van der Waals surface area contributed by atoms with Crippen LogP contribution in [0.2, 0.25) is 0 Å². The Morgan fingerprint density at radius 3 is 2.50 bits per heavy atom. The highest BCUT2D eigenvalue weighted by atomic mass is 19.1. The first-order chi connectivity index (χ1) is 11.5. The molecule has 0 aliphatic heterocycles. The van der Waals surface area contributed by atoms with Gasteiger partial charge < -0.3 is 4.57 Å². The van der Waals surface area contributed by atoms with Gasteiger partial charge >= 0.3 is 0 Å². The number of amides is 2. The van der Waals surface area contributed by atoms with Gasteiger partial charge in [-0.15, -0.1) is 0 Å². The number of hydrogen-bond donors (Lipinski definition) is 2. The Bertz CT molecular complexity index is 900. The summed E-state index contributed by atoms with van der Waals surface area (Å²) in [5.74, 6) is -1.28. The molecule has 1 heterocycles. The minimum Gasteiger partial charge on any atom is -0.335 e. The summed E-state index contributed by atoms with van der Waals surface area (Å²) in [5, 5.41) is 1.05. The third-order valence-electron chi connectivity index (χ3n) is 3.74. The first-order valence-electron chi connectivity index (χ1n) is 7.44. The van der Waals surface area contributed by atoms with Gasteiger partial charge in [0.2, 0.25) is 0 Å². The highest BCUT2D eigenvalue weighted by Gasteiger charge is 2.11. The van der Waals surface area contributed by atoms with E-state index in [2.05, 4.69) is 10.9 Å². The van der Waals surface area contributed by atoms with Crippen molar-refractivity contribution in [2.24, 2.45) is 0 Å². The number of aromatic nitrogens is 1. The Morgan fingerprint density at radius 1 is 1.04 bits per heavy atom. The molecule has 0 bridgehead atoms. The largest absolute Gasteiger partial charge is 0.335 e. The van der Waals surface area contributed by atoms with E-state index in [0.717, 1.165) is 16.6 Å². The third-order valence-corrected chi connectivity index (χ3v) is 3.74. The maximum Gasteiger partial charge on any atom is 0.269 e. The van der Waals surface area contributed by atoms with Crippen molar-refractivity contribution in [3.63, 3.8) is 0 Å². The number of carbonyl (C=O) groups is 2. The Morgan fingerprint density at radius 2 is 1.75 bits per heavy atom. The second-order valence-corrected chi connectivity index (χ2v) is 5.44. The molecule has 0 radical (unpaired) electrons. The van der Waals surface area contributed by atoms with Gasteiger partial charge in [-0.2, -0.15) is 0 Å². The van der Waals surface area contributed by atoms with Gasteiger partial charge in [0.1, 0.15) is 12.4 Å². The molecule has 2 amide bonds. The minimum absolute atomic E-state index is 0.0864. The lowest BCUT2D eigenvalue weighted by Crippen LogP contribution is -2.43. The molecule has 0 atom stereocenters. The number of fused-ring (bicyclic) bond motifs is 1. The first kappa shape index (κ1) is 15.7. The van der Waals surface area contributed by atoms with Crippen molar-refractivity contribution in [2.45, 2.75) is 13.5 Å². The van der Waals surface area contributed by atoms with Crippen LogP contribution in [-0.4, -0.2) is 16.4 Å². The number of carbonyl (C=O) groups excluding carboxylic acids is 2. The van der Waals surface area contributed by atoms with E-state index in [0.29, 0.717) is 0 Å². The van der Waals surface area contributed by atoms with E-state index in [1.165, 1.54) is 24.3 Å². The van der Waals surface area contributed by atoms with E-state index in [1.54, 1.807) is 0 Å². The van der Waals surface area contributed by atoms with Crippen molar-refractivity contribution >= 4 is 22.7 Å². The monoisotopic (exact) mass is 325 g/mol. The lowest BCUT2D eigenvalue weighted by Gasteiger charge is -2.10. The van der Waals surface area contributed by atoms with Crippen molar-refractivity contribution in [2.75, 3.05) is 0 Å². The summed E-state index contributed by atoms with van der Waals surface area (Å²) in [5.41, 5.74) is 6.87. The van der Waals surface area contributed by atoms with Crippen LogP contribution in [0.4, 0.5) is 4.39 Å². The Balaban J connectivity index is 1.64. The zero-order valence-electron chi connectivity index (χ0n) is 13.0. The van der Waals surface area contributed by atoms with Crippen LogP contribution in [0.5, 0.6) is 0 Å². The van der Waals surface area contributed by atoms with Crippen molar-refractivity contribution in [1.29, 1.82) is 0 Å². The maximum absolute atomic E-state index is 12.8. The van der Waals surface area contributed by atoms with Gasteiger partial charge in [-0.3, -0.25) is 20.4 Å². The van der Waals surface area contributed by atoms with Crippen LogP contribution in [0.1, 0.15) is 16.1 Å². The fourth-order valence-corrected chi connectivity index (χ4v) is 2.54. The number of para-hydroxylation sites is 1. The van der Waals surface area contributed by atoms with Crippen molar-refractivity contribution < 1.29 is 14.0 Å². The molecule has 2 N–H and O–H groups in total. The first-order valence-corrected chi connectivity index (χ1v) is 7.44. The molecule has 0 aliphatic carbocycles. The zero-order chi connectivity index (χ0) is 17.1. The molecular weight excluding hydrogens is 309 g/mol. The molecule has 24 heavy (non-hydrogen) atoms. The second kappa shape index (κ2) is 6.54. The number of hydrogen-bond acceptors (Lipinski definition) is 2. The van der Waals surface area contributed by atoms with Gasteiger partial charge in [0.15, 0.2) is 0 Å². The molecule has 0 saturated heterocycles. The Kier molecular flexibility index (Phi) is 4.29. The fraction of sp³-hybridized carbons (Fsp3) is 0.111. The lowest BCUT2D eigenvalue weighted by atomic mass is 10.2. The number of aryl methyl sites for hydroxylation is 1. The number of benzene rings is 2. The molecule has 1 aromatic heterocycles. The van der Waals surface area contributed by atoms with Crippen molar-refractivity contribution in [3.05, 3.63) is 71.7 Å². The van der Waals surface area contributed by atoms with Crippen LogP contribution in [0.15, 0.2) is 54.6 Å². The number of nitrogens with zero attached hydrogens (tertiary/aromatic N) is 1. The van der Waals surface area contributed by atoms with Gasteiger partial charge in [-0.25, -0.2) is 4.39 Å². The smallest absolute Gasteiger partial charge is 0.269 e. The Hall–Kier alpha value is -3.15. The van der Waals surface area contributed by atoms with E-state index in [9.17, 15) is 14.0 Å².